The molecule has 0 spiro atoms. The SMILES string of the molecule is CN1CCN(CCNC(=O)c2ccc(F)cc2N)CC1. The normalized spacial score (nSPS) is 17.1. The first-order chi connectivity index (χ1) is 9.56. The summed E-state index contributed by atoms with van der Waals surface area (Å²) in [4.78, 5) is 16.5. The van der Waals surface area contributed by atoms with Crippen LogP contribution in [0.2, 0.25) is 0 Å². The molecular formula is C14H21FN4O. The van der Waals surface area contributed by atoms with Crippen molar-refractivity contribution in [1.82, 2.24) is 15.1 Å². The van der Waals surface area contributed by atoms with Crippen LogP contribution in [-0.2, 0) is 0 Å². The number of rotatable bonds is 4. The second-order valence-electron chi connectivity index (χ2n) is 5.13. The van der Waals surface area contributed by atoms with Crippen LogP contribution >= 0.6 is 0 Å². The Morgan fingerprint density at radius 2 is 2.05 bits per heavy atom. The molecule has 5 nitrogen and oxygen atoms in total. The van der Waals surface area contributed by atoms with E-state index in [4.69, 9.17) is 5.73 Å². The van der Waals surface area contributed by atoms with Gasteiger partial charge < -0.3 is 16.0 Å². The lowest BCUT2D eigenvalue weighted by Crippen LogP contribution is -2.46. The summed E-state index contributed by atoms with van der Waals surface area (Å²) in [5, 5.41) is 2.82. The topological polar surface area (TPSA) is 61.6 Å². The van der Waals surface area contributed by atoms with E-state index in [0.717, 1.165) is 38.8 Å². The van der Waals surface area contributed by atoms with Crippen LogP contribution in [0.3, 0.4) is 0 Å². The van der Waals surface area contributed by atoms with Crippen LogP contribution < -0.4 is 11.1 Å². The maximum Gasteiger partial charge on any atom is 0.253 e. The van der Waals surface area contributed by atoms with Crippen molar-refractivity contribution >= 4 is 11.6 Å². The minimum absolute atomic E-state index is 0.169. The van der Waals surface area contributed by atoms with E-state index in [-0.39, 0.29) is 11.6 Å². The molecule has 1 aliphatic rings. The Morgan fingerprint density at radius 3 is 2.70 bits per heavy atom. The number of nitrogens with two attached hydrogens (primary N) is 1. The van der Waals surface area contributed by atoms with E-state index in [1.165, 1.54) is 12.1 Å². The molecule has 0 saturated carbocycles. The number of piperazine rings is 1. The van der Waals surface area contributed by atoms with Gasteiger partial charge in [0.15, 0.2) is 0 Å². The Morgan fingerprint density at radius 1 is 1.35 bits per heavy atom. The third kappa shape index (κ3) is 3.91. The molecule has 1 saturated heterocycles. The number of amides is 1. The van der Waals surface area contributed by atoms with Crippen LogP contribution in [0.4, 0.5) is 10.1 Å². The van der Waals surface area contributed by atoms with Crippen molar-refractivity contribution < 1.29 is 9.18 Å². The average molecular weight is 280 g/mol. The van der Waals surface area contributed by atoms with Gasteiger partial charge in [0.05, 0.1) is 5.56 Å². The lowest BCUT2D eigenvalue weighted by Gasteiger charge is -2.32. The Hall–Kier alpha value is -1.66. The highest BCUT2D eigenvalue weighted by molar-refractivity contribution is 5.99. The van der Waals surface area contributed by atoms with Gasteiger partial charge in [-0.15, -0.1) is 0 Å². The molecule has 1 aromatic rings. The molecule has 0 aliphatic carbocycles. The minimum Gasteiger partial charge on any atom is -0.398 e. The molecule has 3 N–H and O–H groups in total. The summed E-state index contributed by atoms with van der Waals surface area (Å²) in [6.45, 7) is 5.54. The van der Waals surface area contributed by atoms with Gasteiger partial charge in [0.1, 0.15) is 5.82 Å². The molecule has 0 radical (unpaired) electrons. The molecule has 0 aromatic heterocycles. The average Bonchev–Trinajstić information content (AvgIpc) is 2.41. The largest absolute Gasteiger partial charge is 0.398 e. The zero-order valence-corrected chi connectivity index (χ0v) is 11.7. The van der Waals surface area contributed by atoms with Crippen molar-refractivity contribution in [3.05, 3.63) is 29.6 Å². The molecule has 110 valence electrons. The van der Waals surface area contributed by atoms with E-state index in [0.29, 0.717) is 12.1 Å². The van der Waals surface area contributed by atoms with Gasteiger partial charge in [-0.2, -0.15) is 0 Å². The number of halogens is 1. The van der Waals surface area contributed by atoms with E-state index in [2.05, 4.69) is 22.2 Å². The van der Waals surface area contributed by atoms with E-state index < -0.39 is 5.82 Å². The molecule has 20 heavy (non-hydrogen) atoms. The summed E-state index contributed by atoms with van der Waals surface area (Å²) in [6.07, 6.45) is 0. The first kappa shape index (κ1) is 14.7. The number of nitrogen functional groups attached to an aromatic ring is 1. The Balaban J connectivity index is 1.77. The Bertz CT molecular complexity index is 472. The number of nitrogens with zero attached hydrogens (tertiary/aromatic N) is 2. The fourth-order valence-corrected chi connectivity index (χ4v) is 2.23. The molecular weight excluding hydrogens is 259 g/mol. The zero-order chi connectivity index (χ0) is 14.5. The molecule has 0 atom stereocenters. The summed E-state index contributed by atoms with van der Waals surface area (Å²) in [6, 6.07) is 3.82. The minimum atomic E-state index is -0.434. The van der Waals surface area contributed by atoms with Gasteiger partial charge in [0.25, 0.3) is 5.91 Å². The van der Waals surface area contributed by atoms with Gasteiger partial charge in [-0.25, -0.2) is 4.39 Å². The first-order valence-electron chi connectivity index (χ1n) is 6.80. The number of hydrogen-bond donors (Lipinski definition) is 2. The monoisotopic (exact) mass is 280 g/mol. The number of likely N-dealkylation sites (N-methyl/N-ethyl adjacent to an activating group) is 1. The summed E-state index contributed by atoms with van der Waals surface area (Å²) in [5.74, 6) is -0.687. The van der Waals surface area contributed by atoms with Crippen molar-refractivity contribution in [3.8, 4) is 0 Å². The maximum absolute atomic E-state index is 12.9. The van der Waals surface area contributed by atoms with Crippen LogP contribution in [0, 0.1) is 5.82 Å². The number of carbonyl (C=O) groups is 1. The molecule has 2 rings (SSSR count). The van der Waals surface area contributed by atoms with Crippen LogP contribution in [0.1, 0.15) is 10.4 Å². The maximum atomic E-state index is 12.9. The first-order valence-corrected chi connectivity index (χ1v) is 6.80. The third-order valence-electron chi connectivity index (χ3n) is 3.57. The highest BCUT2D eigenvalue weighted by Crippen LogP contribution is 2.12. The van der Waals surface area contributed by atoms with Gasteiger partial charge in [-0.05, 0) is 25.2 Å². The fraction of sp³-hybridized carbons (Fsp3) is 0.500. The van der Waals surface area contributed by atoms with Crippen LogP contribution in [0.15, 0.2) is 18.2 Å². The summed E-state index contributed by atoms with van der Waals surface area (Å²) >= 11 is 0. The van der Waals surface area contributed by atoms with E-state index in [1.807, 2.05) is 0 Å². The zero-order valence-electron chi connectivity index (χ0n) is 11.7. The predicted molar refractivity (Wildman–Crippen MR) is 77.1 cm³/mol. The molecule has 1 aliphatic heterocycles. The van der Waals surface area contributed by atoms with Crippen molar-refractivity contribution in [3.63, 3.8) is 0 Å². The van der Waals surface area contributed by atoms with Gasteiger partial charge in [0.2, 0.25) is 0 Å². The summed E-state index contributed by atoms with van der Waals surface area (Å²) in [5.41, 5.74) is 6.13. The smallest absolute Gasteiger partial charge is 0.253 e. The second-order valence-corrected chi connectivity index (χ2v) is 5.13. The van der Waals surface area contributed by atoms with E-state index in [1.54, 1.807) is 0 Å². The molecule has 1 heterocycles. The fourth-order valence-electron chi connectivity index (χ4n) is 2.23. The van der Waals surface area contributed by atoms with Crippen LogP contribution in [0.5, 0.6) is 0 Å². The van der Waals surface area contributed by atoms with Gasteiger partial charge in [-0.3, -0.25) is 9.69 Å². The van der Waals surface area contributed by atoms with Crippen molar-refractivity contribution in [2.45, 2.75) is 0 Å². The predicted octanol–water partition coefficient (Wildman–Crippen LogP) is 0.385. The second kappa shape index (κ2) is 6.67. The van der Waals surface area contributed by atoms with Gasteiger partial charge in [0, 0.05) is 45.0 Å². The van der Waals surface area contributed by atoms with Gasteiger partial charge >= 0.3 is 0 Å². The molecule has 1 aromatic carbocycles. The summed E-state index contributed by atoms with van der Waals surface area (Å²) < 4.78 is 12.9. The lowest BCUT2D eigenvalue weighted by molar-refractivity contribution is 0.0942. The van der Waals surface area contributed by atoms with Crippen LogP contribution in [0.25, 0.3) is 0 Å². The number of hydrogen-bond acceptors (Lipinski definition) is 4. The number of carbonyl (C=O) groups excluding carboxylic acids is 1. The van der Waals surface area contributed by atoms with Gasteiger partial charge in [-0.1, -0.05) is 0 Å². The van der Waals surface area contributed by atoms with Crippen LogP contribution in [-0.4, -0.2) is 62.0 Å². The molecule has 1 fully saturated rings. The quantitative estimate of drug-likeness (QED) is 0.783. The molecule has 0 unspecified atom stereocenters. The summed E-state index contributed by atoms with van der Waals surface area (Å²) in [7, 11) is 2.11. The Labute approximate surface area is 118 Å². The van der Waals surface area contributed by atoms with Crippen molar-refractivity contribution in [2.24, 2.45) is 0 Å². The number of benzene rings is 1. The van der Waals surface area contributed by atoms with E-state index >= 15 is 0 Å². The molecule has 6 heteroatoms. The number of nitrogens with one attached hydrogen (secondary N) is 1. The standard InChI is InChI=1S/C14H21FN4O/c1-18-6-8-19(9-7-18)5-4-17-14(20)12-3-2-11(15)10-13(12)16/h2-3,10H,4-9,16H2,1H3,(H,17,20). The van der Waals surface area contributed by atoms with Crippen molar-refractivity contribution in [2.75, 3.05) is 52.0 Å². The van der Waals surface area contributed by atoms with E-state index in [9.17, 15) is 9.18 Å². The third-order valence-corrected chi connectivity index (χ3v) is 3.57. The Kier molecular flexibility index (Phi) is 4.92. The molecule has 0 bridgehead atoms. The highest BCUT2D eigenvalue weighted by atomic mass is 19.1. The lowest BCUT2D eigenvalue weighted by atomic mass is 10.1. The highest BCUT2D eigenvalue weighted by Gasteiger charge is 2.14. The molecule has 1 amide bonds. The van der Waals surface area contributed by atoms with Crippen molar-refractivity contribution in [1.29, 1.82) is 0 Å². The number of anilines is 1.